The Balaban J connectivity index is 1.75. The molecule has 3 rings (SSSR count). The van der Waals surface area contributed by atoms with Crippen molar-refractivity contribution >= 4 is 39.1 Å². The number of hydrogen-bond acceptors (Lipinski definition) is 5. The zero-order chi connectivity index (χ0) is 20.3. The lowest BCUT2D eigenvalue weighted by atomic mass is 10.3. The molecule has 9 heteroatoms. The van der Waals surface area contributed by atoms with Crippen LogP contribution in [-0.4, -0.2) is 44.6 Å². The number of imide groups is 1. The molecule has 0 atom stereocenters. The summed E-state index contributed by atoms with van der Waals surface area (Å²) >= 11 is 0. The van der Waals surface area contributed by atoms with Crippen LogP contribution in [-0.2, 0) is 24.4 Å². The van der Waals surface area contributed by atoms with Crippen LogP contribution < -0.4 is 9.62 Å². The second-order valence-corrected chi connectivity index (χ2v) is 8.23. The third kappa shape index (κ3) is 4.04. The van der Waals surface area contributed by atoms with Gasteiger partial charge in [-0.25, -0.2) is 8.42 Å². The lowest BCUT2D eigenvalue weighted by Crippen LogP contribution is -2.36. The van der Waals surface area contributed by atoms with Gasteiger partial charge in [-0.3, -0.25) is 23.6 Å². The molecule has 0 bridgehead atoms. The van der Waals surface area contributed by atoms with Crippen LogP contribution in [0, 0.1) is 0 Å². The third-order valence-electron chi connectivity index (χ3n) is 4.35. The van der Waals surface area contributed by atoms with E-state index in [2.05, 4.69) is 5.32 Å². The van der Waals surface area contributed by atoms with E-state index in [-0.39, 0.29) is 35.2 Å². The highest BCUT2D eigenvalue weighted by Gasteiger charge is 2.30. The van der Waals surface area contributed by atoms with Gasteiger partial charge in [-0.05, 0) is 30.3 Å². The first-order chi connectivity index (χ1) is 13.3. The van der Waals surface area contributed by atoms with Crippen LogP contribution >= 0.6 is 0 Å². The SMILES string of the molecule is CN(c1ccccc1)S(=O)(=O)c1cccc(NC(=O)CN2C(=O)CCC2=O)c1. The fraction of sp³-hybridized carbons (Fsp3) is 0.211. The topological polar surface area (TPSA) is 104 Å². The normalized spacial score (nSPS) is 14.2. The number of carbonyl (C=O) groups is 3. The number of para-hydroxylation sites is 1. The van der Waals surface area contributed by atoms with E-state index in [4.69, 9.17) is 0 Å². The summed E-state index contributed by atoms with van der Waals surface area (Å²) < 4.78 is 26.9. The summed E-state index contributed by atoms with van der Waals surface area (Å²) in [7, 11) is -2.38. The zero-order valence-corrected chi connectivity index (χ0v) is 16.0. The number of nitrogens with zero attached hydrogens (tertiary/aromatic N) is 2. The number of anilines is 2. The van der Waals surface area contributed by atoms with Gasteiger partial charge in [0.1, 0.15) is 6.54 Å². The Morgan fingerprint density at radius 3 is 2.32 bits per heavy atom. The van der Waals surface area contributed by atoms with Gasteiger partial charge in [0.2, 0.25) is 17.7 Å². The van der Waals surface area contributed by atoms with Gasteiger partial charge in [0, 0.05) is 25.6 Å². The second-order valence-electron chi connectivity index (χ2n) is 6.26. The Morgan fingerprint density at radius 1 is 1.04 bits per heavy atom. The van der Waals surface area contributed by atoms with E-state index in [0.717, 1.165) is 9.21 Å². The quantitative estimate of drug-likeness (QED) is 0.741. The summed E-state index contributed by atoms with van der Waals surface area (Å²) in [6, 6.07) is 14.4. The zero-order valence-electron chi connectivity index (χ0n) is 15.2. The first-order valence-electron chi connectivity index (χ1n) is 8.56. The van der Waals surface area contributed by atoms with Gasteiger partial charge in [0.25, 0.3) is 10.0 Å². The van der Waals surface area contributed by atoms with Crippen molar-refractivity contribution in [3.05, 3.63) is 54.6 Å². The van der Waals surface area contributed by atoms with E-state index < -0.39 is 22.5 Å². The van der Waals surface area contributed by atoms with E-state index in [9.17, 15) is 22.8 Å². The van der Waals surface area contributed by atoms with Crippen molar-refractivity contribution < 1.29 is 22.8 Å². The molecule has 0 radical (unpaired) electrons. The minimum absolute atomic E-state index is 0.00461. The molecule has 0 aliphatic carbocycles. The first kappa shape index (κ1) is 19.6. The smallest absolute Gasteiger partial charge is 0.264 e. The molecule has 2 aromatic carbocycles. The molecule has 1 aliphatic rings. The van der Waals surface area contributed by atoms with Gasteiger partial charge < -0.3 is 5.32 Å². The summed E-state index contributed by atoms with van der Waals surface area (Å²) in [6.45, 7) is -0.390. The summed E-state index contributed by atoms with van der Waals surface area (Å²) in [6.07, 6.45) is 0.206. The Kier molecular flexibility index (Phi) is 5.46. The molecular weight excluding hydrogens is 382 g/mol. The lowest BCUT2D eigenvalue weighted by molar-refractivity contribution is -0.141. The van der Waals surface area contributed by atoms with Crippen molar-refractivity contribution in [1.29, 1.82) is 0 Å². The highest BCUT2D eigenvalue weighted by molar-refractivity contribution is 7.92. The summed E-state index contributed by atoms with van der Waals surface area (Å²) in [5.41, 5.74) is 0.759. The highest BCUT2D eigenvalue weighted by atomic mass is 32.2. The largest absolute Gasteiger partial charge is 0.324 e. The molecule has 0 aromatic heterocycles. The molecule has 8 nitrogen and oxygen atoms in total. The summed E-state index contributed by atoms with van der Waals surface area (Å²) in [5, 5.41) is 2.53. The fourth-order valence-corrected chi connectivity index (χ4v) is 4.05. The number of amides is 3. The third-order valence-corrected chi connectivity index (χ3v) is 6.13. The molecule has 1 saturated heterocycles. The maximum atomic E-state index is 12.9. The standard InChI is InChI=1S/C19H19N3O5S/c1-21(15-7-3-2-4-8-15)28(26,27)16-9-5-6-14(12-16)20-17(23)13-22-18(24)10-11-19(22)25/h2-9,12H,10-11,13H2,1H3,(H,20,23). The summed E-state index contributed by atoms with van der Waals surface area (Å²) in [5.74, 6) is -1.35. The Morgan fingerprint density at radius 2 is 1.68 bits per heavy atom. The van der Waals surface area contributed by atoms with Crippen LogP contribution in [0.25, 0.3) is 0 Å². The number of rotatable bonds is 6. The van der Waals surface area contributed by atoms with Gasteiger partial charge in [-0.2, -0.15) is 0 Å². The fourth-order valence-electron chi connectivity index (χ4n) is 2.81. The molecule has 28 heavy (non-hydrogen) atoms. The van der Waals surface area contributed by atoms with E-state index in [0.29, 0.717) is 5.69 Å². The van der Waals surface area contributed by atoms with E-state index in [1.54, 1.807) is 30.3 Å². The molecular formula is C19H19N3O5S. The highest BCUT2D eigenvalue weighted by Crippen LogP contribution is 2.23. The maximum absolute atomic E-state index is 12.9. The van der Waals surface area contributed by atoms with Crippen molar-refractivity contribution in [3.63, 3.8) is 0 Å². The molecule has 0 unspecified atom stereocenters. The summed E-state index contributed by atoms with van der Waals surface area (Å²) in [4.78, 5) is 36.3. The number of carbonyl (C=O) groups excluding carboxylic acids is 3. The number of likely N-dealkylation sites (tertiary alicyclic amines) is 1. The lowest BCUT2D eigenvalue weighted by Gasteiger charge is -2.20. The van der Waals surface area contributed by atoms with E-state index >= 15 is 0 Å². The Bertz CT molecular complexity index is 1000. The predicted octanol–water partition coefficient (Wildman–Crippen LogP) is 1.60. The average molecular weight is 401 g/mol. The number of nitrogens with one attached hydrogen (secondary N) is 1. The second kappa shape index (κ2) is 7.81. The van der Waals surface area contributed by atoms with Gasteiger partial charge >= 0.3 is 0 Å². The predicted molar refractivity (Wildman–Crippen MR) is 103 cm³/mol. The molecule has 1 heterocycles. The maximum Gasteiger partial charge on any atom is 0.264 e. The van der Waals surface area contributed by atoms with Crippen LogP contribution in [0.2, 0.25) is 0 Å². The van der Waals surface area contributed by atoms with Gasteiger partial charge in [-0.15, -0.1) is 0 Å². The molecule has 1 aliphatic heterocycles. The van der Waals surface area contributed by atoms with Crippen LogP contribution in [0.15, 0.2) is 59.5 Å². The Labute approximate surface area is 162 Å². The van der Waals surface area contributed by atoms with Crippen molar-refractivity contribution in [2.75, 3.05) is 23.2 Å². The Hall–Kier alpha value is -3.20. The monoisotopic (exact) mass is 401 g/mol. The van der Waals surface area contributed by atoms with Gasteiger partial charge in [0.05, 0.1) is 10.6 Å². The molecule has 0 saturated carbocycles. The van der Waals surface area contributed by atoms with Crippen molar-refractivity contribution in [2.24, 2.45) is 0 Å². The molecule has 0 spiro atoms. The molecule has 2 aromatic rings. The van der Waals surface area contributed by atoms with Crippen LogP contribution in [0.3, 0.4) is 0 Å². The van der Waals surface area contributed by atoms with Gasteiger partial charge in [-0.1, -0.05) is 24.3 Å². The van der Waals surface area contributed by atoms with E-state index in [1.807, 2.05) is 0 Å². The number of sulfonamides is 1. The van der Waals surface area contributed by atoms with Crippen LogP contribution in [0.1, 0.15) is 12.8 Å². The van der Waals surface area contributed by atoms with Crippen molar-refractivity contribution in [2.45, 2.75) is 17.7 Å². The first-order valence-corrected chi connectivity index (χ1v) is 10.00. The molecule has 1 N–H and O–H groups in total. The average Bonchev–Trinajstić information content (AvgIpc) is 3.00. The minimum atomic E-state index is -3.83. The minimum Gasteiger partial charge on any atom is -0.324 e. The van der Waals surface area contributed by atoms with Crippen molar-refractivity contribution in [1.82, 2.24) is 4.90 Å². The molecule has 146 valence electrons. The molecule has 3 amide bonds. The van der Waals surface area contributed by atoms with E-state index in [1.165, 1.54) is 31.3 Å². The van der Waals surface area contributed by atoms with Crippen LogP contribution in [0.4, 0.5) is 11.4 Å². The van der Waals surface area contributed by atoms with Crippen LogP contribution in [0.5, 0.6) is 0 Å². The molecule has 1 fully saturated rings. The number of hydrogen-bond donors (Lipinski definition) is 1. The van der Waals surface area contributed by atoms with Crippen molar-refractivity contribution in [3.8, 4) is 0 Å². The van der Waals surface area contributed by atoms with Gasteiger partial charge in [0.15, 0.2) is 0 Å². The number of benzene rings is 2.